The number of carbonyl (C=O) groups is 1. The molecule has 0 saturated carbocycles. The lowest BCUT2D eigenvalue weighted by Crippen LogP contribution is -2.26. The number of nitrogens with zero attached hydrogens (tertiary/aromatic N) is 2. The van der Waals surface area contributed by atoms with Gasteiger partial charge in [-0.2, -0.15) is 0 Å². The van der Waals surface area contributed by atoms with Gasteiger partial charge >= 0.3 is 0 Å². The first-order valence-electron chi connectivity index (χ1n) is 8.11. The molecule has 1 unspecified atom stereocenters. The maximum Gasteiger partial charge on any atom is 0.242 e. The Morgan fingerprint density at radius 1 is 1.40 bits per heavy atom. The molecule has 138 valence electrons. The van der Waals surface area contributed by atoms with E-state index in [0.29, 0.717) is 17.2 Å². The van der Waals surface area contributed by atoms with E-state index in [1.165, 1.54) is 15.6 Å². The Morgan fingerprint density at radius 2 is 2.12 bits per heavy atom. The highest BCUT2D eigenvalue weighted by atomic mass is 79.9. The van der Waals surface area contributed by atoms with Crippen molar-refractivity contribution in [2.75, 3.05) is 18.9 Å². The molecule has 1 N–H and O–H groups in total. The summed E-state index contributed by atoms with van der Waals surface area (Å²) in [6.45, 7) is 4.26. The molecule has 2 aromatic rings. The first-order chi connectivity index (χ1) is 11.8. The van der Waals surface area contributed by atoms with Crippen molar-refractivity contribution in [2.45, 2.75) is 42.8 Å². The minimum absolute atomic E-state index is 0.133. The van der Waals surface area contributed by atoms with E-state index < -0.39 is 10.0 Å². The maximum atomic E-state index is 12.4. The second kappa shape index (κ2) is 8.57. The molecule has 1 atom stereocenters. The zero-order chi connectivity index (χ0) is 18.6. The number of nitrogens with one attached hydrogen (secondary N) is 1. The maximum absolute atomic E-state index is 12.4. The first-order valence-corrected chi connectivity index (χ1v) is 11.3. The minimum atomic E-state index is -3.50. The summed E-state index contributed by atoms with van der Waals surface area (Å²) in [4.78, 5) is 16.5. The monoisotopic (exact) mass is 447 g/mol. The smallest absolute Gasteiger partial charge is 0.242 e. The number of amides is 1. The van der Waals surface area contributed by atoms with E-state index in [2.05, 4.69) is 33.2 Å². The number of unbranched alkanes of at least 4 members (excludes halogenated alkanes) is 1. The second-order valence-corrected chi connectivity index (χ2v) is 9.85. The Hall–Kier alpha value is -1.03. The fraction of sp³-hybridized carbons (Fsp3) is 0.500. The van der Waals surface area contributed by atoms with Gasteiger partial charge in [0.05, 0.1) is 19.9 Å². The molecular weight excluding hydrogens is 426 g/mol. The van der Waals surface area contributed by atoms with Gasteiger partial charge in [0.2, 0.25) is 15.9 Å². The number of alkyl halides is 1. The molecule has 1 aromatic heterocycles. The van der Waals surface area contributed by atoms with Gasteiger partial charge in [-0.1, -0.05) is 54.0 Å². The van der Waals surface area contributed by atoms with Gasteiger partial charge in [-0.05, 0) is 24.6 Å². The zero-order valence-electron chi connectivity index (χ0n) is 14.5. The summed E-state index contributed by atoms with van der Waals surface area (Å²) in [5.74, 6) is -0.133. The topological polar surface area (TPSA) is 79.4 Å². The molecule has 2 rings (SSSR count). The highest BCUT2D eigenvalue weighted by molar-refractivity contribution is 9.10. The molecule has 9 heteroatoms. The minimum Gasteiger partial charge on any atom is -0.301 e. The molecule has 0 bridgehead atoms. The zero-order valence-corrected chi connectivity index (χ0v) is 17.7. The largest absolute Gasteiger partial charge is 0.301 e. The van der Waals surface area contributed by atoms with Gasteiger partial charge in [-0.3, -0.25) is 4.79 Å². The number of fused-ring (bicyclic) bond motifs is 1. The van der Waals surface area contributed by atoms with Gasteiger partial charge in [0.15, 0.2) is 5.13 Å². The van der Waals surface area contributed by atoms with Gasteiger partial charge in [-0.25, -0.2) is 17.7 Å². The molecule has 0 aliphatic heterocycles. The number of thiazole rings is 1. The van der Waals surface area contributed by atoms with Crippen LogP contribution in [0.3, 0.4) is 0 Å². The molecule has 0 fully saturated rings. The van der Waals surface area contributed by atoms with Crippen molar-refractivity contribution in [3.05, 3.63) is 18.2 Å². The number of hydrogen-bond donors (Lipinski definition) is 1. The fourth-order valence-electron chi connectivity index (χ4n) is 2.17. The molecule has 1 amide bonds. The summed E-state index contributed by atoms with van der Waals surface area (Å²) >= 11 is 4.66. The fourth-order valence-corrected chi connectivity index (χ4v) is 4.79. The van der Waals surface area contributed by atoms with Gasteiger partial charge < -0.3 is 5.32 Å². The summed E-state index contributed by atoms with van der Waals surface area (Å²) in [6.07, 6.45) is 2.76. The van der Waals surface area contributed by atoms with Crippen molar-refractivity contribution >= 4 is 58.5 Å². The number of rotatable bonds is 8. The van der Waals surface area contributed by atoms with Crippen molar-refractivity contribution < 1.29 is 13.2 Å². The van der Waals surface area contributed by atoms with Crippen LogP contribution in [-0.4, -0.2) is 42.0 Å². The lowest BCUT2D eigenvalue weighted by Gasteiger charge is -2.14. The van der Waals surface area contributed by atoms with Crippen LogP contribution in [0.5, 0.6) is 0 Å². The van der Waals surface area contributed by atoms with E-state index >= 15 is 0 Å². The summed E-state index contributed by atoms with van der Waals surface area (Å²) < 4.78 is 26.8. The molecule has 6 nitrogen and oxygen atoms in total. The van der Waals surface area contributed by atoms with E-state index in [-0.39, 0.29) is 15.6 Å². The van der Waals surface area contributed by atoms with Crippen molar-refractivity contribution in [1.82, 2.24) is 9.29 Å². The van der Waals surface area contributed by atoms with Crippen LogP contribution in [0, 0.1) is 0 Å². The van der Waals surface area contributed by atoms with Crippen LogP contribution in [-0.2, 0) is 14.8 Å². The predicted octanol–water partition coefficient (Wildman–Crippen LogP) is 3.83. The van der Waals surface area contributed by atoms with Crippen molar-refractivity contribution in [3.63, 3.8) is 0 Å². The van der Waals surface area contributed by atoms with Crippen LogP contribution in [0.1, 0.15) is 33.1 Å². The van der Waals surface area contributed by atoms with Gasteiger partial charge in [-0.15, -0.1) is 0 Å². The van der Waals surface area contributed by atoms with Crippen LogP contribution in [0.2, 0.25) is 0 Å². The first kappa shape index (κ1) is 20.3. The van der Waals surface area contributed by atoms with Crippen LogP contribution in [0.4, 0.5) is 5.13 Å². The third kappa shape index (κ3) is 4.78. The molecule has 0 aliphatic carbocycles. The second-order valence-electron chi connectivity index (χ2n) is 5.67. The molecule has 0 radical (unpaired) electrons. The number of aromatic nitrogens is 1. The number of hydrogen-bond acceptors (Lipinski definition) is 5. The summed E-state index contributed by atoms with van der Waals surface area (Å²) in [5.41, 5.74) is 0.665. The highest BCUT2D eigenvalue weighted by Crippen LogP contribution is 2.29. The van der Waals surface area contributed by atoms with Gasteiger partial charge in [0.25, 0.3) is 0 Å². The quantitative estimate of drug-likeness (QED) is 0.623. The normalized spacial score (nSPS) is 13.3. The molecule has 1 aromatic carbocycles. The summed E-state index contributed by atoms with van der Waals surface area (Å²) in [5, 5.41) is 3.27. The number of halogens is 1. The third-order valence-electron chi connectivity index (χ3n) is 3.84. The van der Waals surface area contributed by atoms with E-state index in [1.807, 2.05) is 0 Å². The molecule has 0 spiro atoms. The molecular formula is C16H22BrN3O3S2. The van der Waals surface area contributed by atoms with Crippen LogP contribution in [0.25, 0.3) is 10.2 Å². The number of benzene rings is 1. The Labute approximate surface area is 160 Å². The number of anilines is 1. The number of carbonyl (C=O) groups excluding carboxylic acids is 1. The van der Waals surface area contributed by atoms with E-state index in [0.717, 1.165) is 24.0 Å². The molecule has 1 heterocycles. The van der Waals surface area contributed by atoms with Crippen LogP contribution in [0.15, 0.2) is 23.1 Å². The Bertz CT molecular complexity index is 851. The van der Waals surface area contributed by atoms with Crippen LogP contribution >= 0.6 is 27.3 Å². The lowest BCUT2D eigenvalue weighted by atomic mass is 10.2. The number of sulfonamides is 1. The van der Waals surface area contributed by atoms with E-state index in [4.69, 9.17) is 0 Å². The SMILES string of the molecule is CCCCC(Br)C(=O)Nc1nc2ccc(S(=O)(=O)N(C)CC)cc2s1. The molecule has 25 heavy (non-hydrogen) atoms. The standard InChI is InChI=1S/C16H22BrN3O3S2/c1-4-6-7-12(17)15(21)19-16-18-13-9-8-11(10-14(13)24-16)25(22,23)20(3)5-2/h8-10,12H,4-7H2,1-3H3,(H,18,19,21). The van der Waals surface area contributed by atoms with Crippen molar-refractivity contribution in [1.29, 1.82) is 0 Å². The average molecular weight is 448 g/mol. The summed E-state index contributed by atoms with van der Waals surface area (Å²) in [7, 11) is -1.95. The Balaban J connectivity index is 2.22. The molecule has 0 aliphatic rings. The predicted molar refractivity (Wildman–Crippen MR) is 106 cm³/mol. The van der Waals surface area contributed by atoms with E-state index in [9.17, 15) is 13.2 Å². The Kier molecular flexibility index (Phi) is 6.95. The van der Waals surface area contributed by atoms with Gasteiger partial charge in [0, 0.05) is 13.6 Å². The van der Waals surface area contributed by atoms with Crippen molar-refractivity contribution in [3.8, 4) is 0 Å². The van der Waals surface area contributed by atoms with Crippen LogP contribution < -0.4 is 5.32 Å². The lowest BCUT2D eigenvalue weighted by molar-refractivity contribution is -0.115. The average Bonchev–Trinajstić information content (AvgIpc) is 2.99. The summed E-state index contributed by atoms with van der Waals surface area (Å²) in [6, 6.07) is 4.82. The molecule has 0 saturated heterocycles. The van der Waals surface area contributed by atoms with E-state index in [1.54, 1.807) is 32.2 Å². The van der Waals surface area contributed by atoms with Gasteiger partial charge in [0.1, 0.15) is 0 Å². The van der Waals surface area contributed by atoms with Crippen molar-refractivity contribution in [2.24, 2.45) is 0 Å². The Morgan fingerprint density at radius 3 is 2.76 bits per heavy atom. The highest BCUT2D eigenvalue weighted by Gasteiger charge is 2.21. The third-order valence-corrected chi connectivity index (χ3v) is 7.57.